The normalized spacial score (nSPS) is 40.8. The predicted molar refractivity (Wildman–Crippen MR) is 181 cm³/mol. The summed E-state index contributed by atoms with van der Waals surface area (Å²) < 4.78 is 25.5. The zero-order chi connectivity index (χ0) is 34.8. The van der Waals surface area contributed by atoms with Gasteiger partial charge in [-0.05, 0) is 106 Å². The van der Waals surface area contributed by atoms with Crippen molar-refractivity contribution in [3.05, 3.63) is 0 Å². The van der Waals surface area contributed by atoms with Crippen LogP contribution in [0.5, 0.6) is 0 Å². The van der Waals surface area contributed by atoms with E-state index in [4.69, 9.17) is 18.9 Å². The lowest BCUT2D eigenvalue weighted by Gasteiger charge is -2.46. The quantitative estimate of drug-likeness (QED) is 0.322. The standard InChI is InChI=1S/C36H64N4O7/c1-22-18-36(6,44-11)33(47-31-17-28(38(8)9)14-23(2)46-31)24(3)32(42)35(4,5)34(43)45-21-29(39(10)20-22)25-15-26-12-13-27(16-25)40(26)30(41)19-37-7/h22-29,31,33,37H,12-21H2,1-11H3/t22-,23-,24+,25?,26-,27+,28+,29?,31+,33-,36-/m1/s1. The van der Waals surface area contributed by atoms with E-state index in [1.807, 2.05) is 20.9 Å². The molecule has 0 spiro atoms. The van der Waals surface area contributed by atoms with Crippen molar-refractivity contribution in [2.45, 2.75) is 135 Å². The first kappa shape index (κ1) is 38.2. The van der Waals surface area contributed by atoms with Crippen molar-refractivity contribution in [2.75, 3.05) is 55.0 Å². The van der Waals surface area contributed by atoms with E-state index in [0.717, 1.165) is 38.6 Å². The summed E-state index contributed by atoms with van der Waals surface area (Å²) in [6.07, 6.45) is 4.88. The average Bonchev–Trinajstić information content (AvgIpc) is 3.27. The summed E-state index contributed by atoms with van der Waals surface area (Å²) in [5.41, 5.74) is -2.21. The summed E-state index contributed by atoms with van der Waals surface area (Å²) in [5, 5.41) is 3.02. The minimum atomic E-state index is -1.38. The number of likely N-dealkylation sites (N-methyl/N-ethyl adjacent to an activating group) is 2. The molecule has 1 N–H and O–H groups in total. The molecule has 4 saturated heterocycles. The monoisotopic (exact) mass is 664 g/mol. The average molecular weight is 665 g/mol. The van der Waals surface area contributed by atoms with Gasteiger partial charge in [0, 0.05) is 50.2 Å². The number of hydrogen-bond acceptors (Lipinski definition) is 10. The van der Waals surface area contributed by atoms with Crippen LogP contribution >= 0.6 is 0 Å². The smallest absolute Gasteiger partial charge is 0.319 e. The second-order valence-electron chi connectivity index (χ2n) is 16.2. The van der Waals surface area contributed by atoms with Gasteiger partial charge in [0.15, 0.2) is 12.1 Å². The second-order valence-corrected chi connectivity index (χ2v) is 16.2. The zero-order valence-electron chi connectivity index (χ0n) is 31.0. The van der Waals surface area contributed by atoms with Crippen molar-refractivity contribution in [3.8, 4) is 0 Å². The number of cyclic esters (lactones) is 1. The number of hydrogen-bond donors (Lipinski definition) is 1. The number of esters is 1. The van der Waals surface area contributed by atoms with Crippen molar-refractivity contribution < 1.29 is 33.3 Å². The number of fused-ring (bicyclic) bond motifs is 2. The van der Waals surface area contributed by atoms with Gasteiger partial charge in [0.25, 0.3) is 0 Å². The number of ether oxygens (including phenoxy) is 4. The molecule has 11 nitrogen and oxygen atoms in total. The second kappa shape index (κ2) is 15.5. The molecule has 2 bridgehead atoms. The molecule has 0 aromatic heterocycles. The third-order valence-corrected chi connectivity index (χ3v) is 11.8. The number of piperidine rings is 1. The Hall–Kier alpha value is -1.63. The Morgan fingerprint density at radius 2 is 1.68 bits per heavy atom. The summed E-state index contributed by atoms with van der Waals surface area (Å²) in [7, 11) is 9.76. The van der Waals surface area contributed by atoms with Gasteiger partial charge < -0.3 is 34.1 Å². The summed E-state index contributed by atoms with van der Waals surface area (Å²) >= 11 is 0. The molecule has 4 aliphatic heterocycles. The van der Waals surface area contributed by atoms with E-state index < -0.39 is 35.3 Å². The lowest BCUT2D eigenvalue weighted by molar-refractivity contribution is -0.263. The molecule has 0 aromatic carbocycles. The number of methoxy groups -OCH3 is 1. The number of nitrogens with one attached hydrogen (secondary N) is 1. The van der Waals surface area contributed by atoms with Crippen LogP contribution < -0.4 is 5.32 Å². The highest BCUT2D eigenvalue weighted by molar-refractivity contribution is 6.04. The Morgan fingerprint density at radius 3 is 2.26 bits per heavy atom. The fourth-order valence-corrected chi connectivity index (χ4v) is 9.19. The van der Waals surface area contributed by atoms with Crippen molar-refractivity contribution in [2.24, 2.45) is 23.2 Å². The highest BCUT2D eigenvalue weighted by atomic mass is 16.7. The molecule has 11 atom stereocenters. The first-order valence-corrected chi connectivity index (χ1v) is 17.9. The lowest BCUT2D eigenvalue weighted by Crippen LogP contribution is -2.55. The van der Waals surface area contributed by atoms with Gasteiger partial charge >= 0.3 is 5.97 Å². The number of amides is 1. The Kier molecular flexibility index (Phi) is 12.6. The highest BCUT2D eigenvalue weighted by Gasteiger charge is 2.51. The topological polar surface area (TPSA) is 110 Å². The van der Waals surface area contributed by atoms with Crippen LogP contribution in [0.15, 0.2) is 0 Å². The third-order valence-electron chi connectivity index (χ3n) is 11.8. The maximum Gasteiger partial charge on any atom is 0.319 e. The molecule has 47 heavy (non-hydrogen) atoms. The number of Topliss-reactive ketones (excluding diaryl/α,β-unsaturated/α-hetero) is 1. The third kappa shape index (κ3) is 8.40. The summed E-state index contributed by atoms with van der Waals surface area (Å²) in [5.74, 6) is -0.790. The summed E-state index contributed by atoms with van der Waals surface area (Å²) in [6, 6.07) is 0.668. The fourth-order valence-electron chi connectivity index (χ4n) is 9.19. The van der Waals surface area contributed by atoms with Crippen LogP contribution in [0.4, 0.5) is 0 Å². The summed E-state index contributed by atoms with van der Waals surface area (Å²) in [6.45, 7) is 12.8. The molecule has 0 aromatic rings. The van der Waals surface area contributed by atoms with E-state index >= 15 is 0 Å². The molecule has 11 heteroatoms. The maximum atomic E-state index is 14.3. The Labute approximate surface area is 283 Å². The van der Waals surface area contributed by atoms with Gasteiger partial charge in [-0.3, -0.25) is 19.3 Å². The SMILES string of the molecule is CNCC(=O)N1[C@@H]2CC[C@H]1CC(C1COC(=O)C(C)(C)C(=O)[C@H](C)[C@@H](O[C@H]3C[C@@H](N(C)C)C[C@@H](C)O3)[C@](C)(OC)C[C@@H](C)CN1C)C2. The Bertz CT molecular complexity index is 1090. The van der Waals surface area contributed by atoms with E-state index in [9.17, 15) is 14.4 Å². The molecule has 4 heterocycles. The van der Waals surface area contributed by atoms with E-state index in [2.05, 4.69) is 55.0 Å². The number of carbonyl (C=O) groups excluding carboxylic acids is 3. The molecular formula is C36H64N4O7. The van der Waals surface area contributed by atoms with E-state index in [0.29, 0.717) is 19.4 Å². The molecule has 2 unspecified atom stereocenters. The van der Waals surface area contributed by atoms with Crippen LogP contribution in [0.2, 0.25) is 0 Å². The Morgan fingerprint density at radius 1 is 1.04 bits per heavy atom. The zero-order valence-corrected chi connectivity index (χ0v) is 31.0. The maximum absolute atomic E-state index is 14.3. The Balaban J connectivity index is 1.62. The number of rotatable bonds is 7. The highest BCUT2D eigenvalue weighted by Crippen LogP contribution is 2.42. The minimum absolute atomic E-state index is 0.00942. The van der Waals surface area contributed by atoms with Crippen molar-refractivity contribution in [1.29, 1.82) is 0 Å². The van der Waals surface area contributed by atoms with Crippen LogP contribution in [-0.2, 0) is 33.3 Å². The molecule has 0 saturated carbocycles. The minimum Gasteiger partial charge on any atom is -0.463 e. The summed E-state index contributed by atoms with van der Waals surface area (Å²) in [4.78, 5) is 47.7. The van der Waals surface area contributed by atoms with Gasteiger partial charge in [-0.15, -0.1) is 0 Å². The van der Waals surface area contributed by atoms with Crippen LogP contribution in [0, 0.1) is 23.2 Å². The van der Waals surface area contributed by atoms with Gasteiger partial charge in [0.2, 0.25) is 5.91 Å². The van der Waals surface area contributed by atoms with Gasteiger partial charge in [0.1, 0.15) is 12.0 Å². The lowest BCUT2D eigenvalue weighted by atomic mass is 9.74. The van der Waals surface area contributed by atoms with Gasteiger partial charge in [-0.1, -0.05) is 13.8 Å². The van der Waals surface area contributed by atoms with Gasteiger partial charge in [-0.25, -0.2) is 0 Å². The largest absolute Gasteiger partial charge is 0.463 e. The number of nitrogens with zero attached hydrogens (tertiary/aromatic N) is 3. The predicted octanol–water partition coefficient (Wildman–Crippen LogP) is 3.34. The van der Waals surface area contributed by atoms with Crippen LogP contribution in [0.25, 0.3) is 0 Å². The fraction of sp³-hybridized carbons (Fsp3) is 0.917. The van der Waals surface area contributed by atoms with Crippen LogP contribution in [0.3, 0.4) is 0 Å². The van der Waals surface area contributed by atoms with Crippen molar-refractivity contribution >= 4 is 17.7 Å². The van der Waals surface area contributed by atoms with Crippen LogP contribution in [-0.4, -0.2) is 136 Å². The van der Waals surface area contributed by atoms with Gasteiger partial charge in [0.05, 0.1) is 24.4 Å². The number of ketones is 1. The van der Waals surface area contributed by atoms with Crippen molar-refractivity contribution in [1.82, 2.24) is 20.0 Å². The van der Waals surface area contributed by atoms with Crippen LogP contribution in [0.1, 0.15) is 86.5 Å². The van der Waals surface area contributed by atoms with E-state index in [-0.39, 0.29) is 60.4 Å². The molecule has 4 rings (SSSR count). The first-order chi connectivity index (χ1) is 22.0. The molecular weight excluding hydrogens is 600 g/mol. The molecule has 4 aliphatic rings. The van der Waals surface area contributed by atoms with Gasteiger partial charge in [-0.2, -0.15) is 0 Å². The molecule has 0 radical (unpaired) electrons. The molecule has 4 fully saturated rings. The van der Waals surface area contributed by atoms with Crippen molar-refractivity contribution in [3.63, 3.8) is 0 Å². The molecule has 0 aliphatic carbocycles. The molecule has 270 valence electrons. The number of carbonyl (C=O) groups is 3. The van der Waals surface area contributed by atoms with E-state index in [1.54, 1.807) is 21.0 Å². The first-order valence-electron chi connectivity index (χ1n) is 17.9. The van der Waals surface area contributed by atoms with E-state index in [1.165, 1.54) is 0 Å². The molecule has 1 amide bonds.